The Morgan fingerprint density at radius 2 is 1.71 bits per heavy atom. The van der Waals surface area contributed by atoms with Crippen molar-refractivity contribution in [1.29, 1.82) is 0 Å². The third-order valence-electron chi connectivity index (χ3n) is 2.73. The molecular weight excluding hydrogens is 266 g/mol. The Morgan fingerprint density at radius 1 is 1.05 bits per heavy atom. The van der Waals surface area contributed by atoms with Crippen LogP contribution < -0.4 is 5.73 Å². The lowest BCUT2D eigenvalue weighted by Gasteiger charge is -1.85. The smallest absolute Gasteiger partial charge is 0.265 e. The van der Waals surface area contributed by atoms with E-state index in [1.807, 2.05) is 42.5 Å². The fourth-order valence-corrected chi connectivity index (χ4v) is 1.76. The number of carbonyl (C=O) groups is 1. The van der Waals surface area contributed by atoms with Gasteiger partial charge in [-0.15, -0.1) is 0 Å². The Labute approximate surface area is 121 Å². The highest BCUT2D eigenvalue weighted by Gasteiger charge is 2.03. The first-order valence-corrected chi connectivity index (χ1v) is 6.21. The van der Waals surface area contributed by atoms with Crippen molar-refractivity contribution in [3.05, 3.63) is 66.4 Å². The van der Waals surface area contributed by atoms with Crippen LogP contribution in [0.1, 0.15) is 10.5 Å². The Balaban J connectivity index is 0.000000161. The van der Waals surface area contributed by atoms with E-state index >= 15 is 0 Å². The predicted molar refractivity (Wildman–Crippen MR) is 81.0 cm³/mol. The Morgan fingerprint density at radius 3 is 2.33 bits per heavy atom. The summed E-state index contributed by atoms with van der Waals surface area (Å²) in [5.74, 6) is -0.425. The molecule has 21 heavy (non-hydrogen) atoms. The molecule has 3 N–H and O–H groups in total. The van der Waals surface area contributed by atoms with Gasteiger partial charge < -0.3 is 10.7 Å². The van der Waals surface area contributed by atoms with E-state index in [4.69, 9.17) is 5.73 Å². The van der Waals surface area contributed by atoms with E-state index < -0.39 is 5.91 Å². The van der Waals surface area contributed by atoms with Crippen molar-refractivity contribution in [2.24, 2.45) is 10.7 Å². The Kier molecular flexibility index (Phi) is 4.64. The molecule has 104 valence electrons. The van der Waals surface area contributed by atoms with Gasteiger partial charge in [-0.2, -0.15) is 4.99 Å². The maximum atomic E-state index is 10.8. The van der Waals surface area contributed by atoms with Crippen molar-refractivity contribution in [2.45, 2.75) is 0 Å². The lowest BCUT2D eigenvalue weighted by atomic mass is 10.2. The van der Waals surface area contributed by atoms with Crippen molar-refractivity contribution in [3.8, 4) is 0 Å². The predicted octanol–water partition coefficient (Wildman–Crippen LogP) is 2.92. The summed E-state index contributed by atoms with van der Waals surface area (Å²) in [4.78, 5) is 26.8. The molecule has 0 aliphatic rings. The molecule has 1 aromatic heterocycles. The highest BCUT2D eigenvalue weighted by atomic mass is 16.1. The van der Waals surface area contributed by atoms with Crippen LogP contribution in [0.25, 0.3) is 10.9 Å². The SMILES string of the molecule is NC(=O)c1cc2ccccc2[nH]1.O=C=Nc1ccccc1. The lowest BCUT2D eigenvalue weighted by Crippen LogP contribution is -2.10. The van der Waals surface area contributed by atoms with E-state index in [0.29, 0.717) is 11.4 Å². The molecule has 1 heterocycles. The second-order valence-corrected chi connectivity index (χ2v) is 4.17. The number of hydrogen-bond donors (Lipinski definition) is 2. The van der Waals surface area contributed by atoms with E-state index in [0.717, 1.165) is 10.9 Å². The molecule has 0 spiro atoms. The molecule has 0 radical (unpaired) electrons. The molecule has 1 amide bonds. The summed E-state index contributed by atoms with van der Waals surface area (Å²) in [6, 6.07) is 18.4. The maximum Gasteiger partial charge on any atom is 0.265 e. The third kappa shape index (κ3) is 3.89. The maximum absolute atomic E-state index is 10.8. The molecule has 2 aromatic carbocycles. The van der Waals surface area contributed by atoms with Gasteiger partial charge in [0.25, 0.3) is 5.91 Å². The van der Waals surface area contributed by atoms with Crippen LogP contribution >= 0.6 is 0 Å². The number of primary amides is 1. The first-order valence-electron chi connectivity index (χ1n) is 6.21. The number of hydrogen-bond acceptors (Lipinski definition) is 3. The summed E-state index contributed by atoms with van der Waals surface area (Å²) in [6.07, 6.45) is 1.46. The number of aromatic amines is 1. The molecule has 3 rings (SSSR count). The highest BCUT2D eigenvalue weighted by molar-refractivity contribution is 5.96. The van der Waals surface area contributed by atoms with Crippen LogP contribution in [0.5, 0.6) is 0 Å². The van der Waals surface area contributed by atoms with E-state index in [1.165, 1.54) is 6.08 Å². The van der Waals surface area contributed by atoms with Gasteiger partial charge in [0.15, 0.2) is 0 Å². The molecular formula is C16H13N3O2. The number of benzene rings is 2. The first-order chi connectivity index (χ1) is 10.2. The number of isocyanates is 1. The number of aliphatic imine (C=N–C) groups is 1. The van der Waals surface area contributed by atoms with Crippen molar-refractivity contribution in [3.63, 3.8) is 0 Å². The first kappa shape index (κ1) is 14.2. The summed E-state index contributed by atoms with van der Waals surface area (Å²) in [5, 5.41) is 1.01. The van der Waals surface area contributed by atoms with Gasteiger partial charge in [0.2, 0.25) is 6.08 Å². The quantitative estimate of drug-likeness (QED) is 0.558. The lowest BCUT2D eigenvalue weighted by molar-refractivity contribution is 0.0996. The average Bonchev–Trinajstić information content (AvgIpc) is 2.94. The van der Waals surface area contributed by atoms with Crippen LogP contribution in [-0.2, 0) is 4.79 Å². The fourth-order valence-electron chi connectivity index (χ4n) is 1.76. The molecule has 5 heteroatoms. The summed E-state index contributed by atoms with van der Waals surface area (Å²) in [5.41, 5.74) is 7.14. The van der Waals surface area contributed by atoms with Gasteiger partial charge in [-0.25, -0.2) is 4.79 Å². The van der Waals surface area contributed by atoms with Crippen LogP contribution in [0.2, 0.25) is 0 Å². The van der Waals surface area contributed by atoms with Gasteiger partial charge in [0.1, 0.15) is 5.69 Å². The molecule has 0 saturated heterocycles. The fraction of sp³-hybridized carbons (Fsp3) is 0. The van der Waals surface area contributed by atoms with Gasteiger partial charge in [-0.05, 0) is 24.3 Å². The van der Waals surface area contributed by atoms with Crippen molar-refractivity contribution < 1.29 is 9.59 Å². The number of amides is 1. The number of aromatic nitrogens is 1. The second kappa shape index (κ2) is 6.84. The van der Waals surface area contributed by atoms with Gasteiger partial charge in [-0.3, -0.25) is 4.79 Å². The number of nitrogens with one attached hydrogen (secondary N) is 1. The molecule has 5 nitrogen and oxygen atoms in total. The highest BCUT2D eigenvalue weighted by Crippen LogP contribution is 2.13. The third-order valence-corrected chi connectivity index (χ3v) is 2.73. The van der Waals surface area contributed by atoms with E-state index in [9.17, 15) is 9.59 Å². The van der Waals surface area contributed by atoms with Gasteiger partial charge in [0, 0.05) is 10.9 Å². The summed E-state index contributed by atoms with van der Waals surface area (Å²) >= 11 is 0. The minimum atomic E-state index is -0.425. The minimum absolute atomic E-state index is 0.425. The number of rotatable bonds is 2. The molecule has 0 aliphatic carbocycles. The molecule has 0 atom stereocenters. The summed E-state index contributed by atoms with van der Waals surface area (Å²) in [6.45, 7) is 0. The molecule has 0 saturated carbocycles. The van der Waals surface area contributed by atoms with Crippen LogP contribution in [-0.4, -0.2) is 17.0 Å². The minimum Gasteiger partial charge on any atom is -0.364 e. The number of fused-ring (bicyclic) bond motifs is 1. The van der Waals surface area contributed by atoms with Crippen LogP contribution in [0.3, 0.4) is 0 Å². The average molecular weight is 279 g/mol. The van der Waals surface area contributed by atoms with Crippen LogP contribution in [0.15, 0.2) is 65.7 Å². The van der Waals surface area contributed by atoms with Crippen molar-refractivity contribution >= 4 is 28.6 Å². The van der Waals surface area contributed by atoms with E-state index in [1.54, 1.807) is 18.2 Å². The van der Waals surface area contributed by atoms with Crippen molar-refractivity contribution in [2.75, 3.05) is 0 Å². The number of nitrogens with two attached hydrogens (primary N) is 1. The molecule has 3 aromatic rings. The van der Waals surface area contributed by atoms with Gasteiger partial charge >= 0.3 is 0 Å². The zero-order valence-corrected chi connectivity index (χ0v) is 11.1. The molecule has 0 bridgehead atoms. The molecule has 0 fully saturated rings. The van der Waals surface area contributed by atoms with Crippen molar-refractivity contribution in [1.82, 2.24) is 4.98 Å². The van der Waals surface area contributed by atoms with E-state index in [-0.39, 0.29) is 0 Å². The number of para-hydroxylation sites is 2. The number of carbonyl (C=O) groups excluding carboxylic acids is 2. The van der Waals surface area contributed by atoms with Crippen LogP contribution in [0, 0.1) is 0 Å². The van der Waals surface area contributed by atoms with Gasteiger partial charge in [0.05, 0.1) is 5.69 Å². The molecule has 0 aliphatic heterocycles. The topological polar surface area (TPSA) is 88.3 Å². The van der Waals surface area contributed by atoms with Crippen LogP contribution in [0.4, 0.5) is 5.69 Å². The zero-order chi connectivity index (χ0) is 15.1. The van der Waals surface area contributed by atoms with Gasteiger partial charge in [-0.1, -0.05) is 36.4 Å². The normalized spacial score (nSPS) is 9.33. The summed E-state index contributed by atoms with van der Waals surface area (Å²) < 4.78 is 0. The zero-order valence-electron chi connectivity index (χ0n) is 11.1. The number of nitrogens with zero attached hydrogens (tertiary/aromatic N) is 1. The number of H-pyrrole nitrogens is 1. The Hall–Kier alpha value is -3.17. The standard InChI is InChI=1S/C9H8N2O.C7H5NO/c10-9(12)8-5-6-3-1-2-4-7(6)11-8;9-6-8-7-4-2-1-3-5-7/h1-5,11H,(H2,10,12);1-5H. The van der Waals surface area contributed by atoms with E-state index in [2.05, 4.69) is 9.98 Å². The summed E-state index contributed by atoms with van der Waals surface area (Å²) in [7, 11) is 0. The largest absolute Gasteiger partial charge is 0.364 e. The second-order valence-electron chi connectivity index (χ2n) is 4.17. The Bertz CT molecular complexity index is 754. The monoisotopic (exact) mass is 279 g/mol. The molecule has 0 unspecified atom stereocenters.